The second kappa shape index (κ2) is 5.51. The molecule has 1 aromatic rings. The molecule has 0 aliphatic carbocycles. The standard InChI is InChI=1S/C13H18ClNO3S/c1-9(13(2,3)4)15-12(16)10-5-7-11(8-6-10)19(14,17)18/h5-9H,1-4H3,(H,15,16). The number of hydrogen-bond acceptors (Lipinski definition) is 3. The van der Waals surface area contributed by atoms with Crippen LogP contribution in [0.25, 0.3) is 0 Å². The van der Waals surface area contributed by atoms with Crippen LogP contribution in [0.2, 0.25) is 0 Å². The molecule has 106 valence electrons. The van der Waals surface area contributed by atoms with Crippen molar-refractivity contribution in [2.75, 3.05) is 0 Å². The van der Waals surface area contributed by atoms with Crippen molar-refractivity contribution >= 4 is 25.6 Å². The molecule has 4 nitrogen and oxygen atoms in total. The first-order valence-corrected chi connectivity index (χ1v) is 8.18. The smallest absolute Gasteiger partial charge is 0.261 e. The molecular formula is C13H18ClNO3S. The highest BCUT2D eigenvalue weighted by atomic mass is 35.7. The van der Waals surface area contributed by atoms with E-state index in [1.165, 1.54) is 24.3 Å². The van der Waals surface area contributed by atoms with Crippen molar-refractivity contribution in [2.45, 2.75) is 38.6 Å². The molecule has 6 heteroatoms. The molecule has 0 spiro atoms. The minimum atomic E-state index is -3.75. The van der Waals surface area contributed by atoms with Gasteiger partial charge in [0.05, 0.1) is 4.90 Å². The van der Waals surface area contributed by atoms with Gasteiger partial charge in [-0.05, 0) is 36.6 Å². The maximum Gasteiger partial charge on any atom is 0.261 e. The Labute approximate surface area is 118 Å². The minimum absolute atomic E-state index is 0.00330. The number of carbonyl (C=O) groups excluding carboxylic acids is 1. The van der Waals surface area contributed by atoms with E-state index in [0.717, 1.165) is 0 Å². The van der Waals surface area contributed by atoms with Crippen LogP contribution in [0.5, 0.6) is 0 Å². The van der Waals surface area contributed by atoms with Gasteiger partial charge in [-0.25, -0.2) is 8.42 Å². The molecule has 0 saturated carbocycles. The number of benzene rings is 1. The molecule has 1 atom stereocenters. The molecule has 19 heavy (non-hydrogen) atoms. The van der Waals surface area contributed by atoms with E-state index in [1.54, 1.807) is 0 Å². The fourth-order valence-electron chi connectivity index (χ4n) is 1.27. The summed E-state index contributed by atoms with van der Waals surface area (Å²) in [6.07, 6.45) is 0. The van der Waals surface area contributed by atoms with Gasteiger partial charge in [0.2, 0.25) is 0 Å². The summed E-state index contributed by atoms with van der Waals surface area (Å²) in [5.74, 6) is -0.235. The maximum atomic E-state index is 12.0. The average Bonchev–Trinajstić information content (AvgIpc) is 2.26. The lowest BCUT2D eigenvalue weighted by atomic mass is 9.88. The predicted molar refractivity (Wildman–Crippen MR) is 75.9 cm³/mol. The van der Waals surface area contributed by atoms with Crippen molar-refractivity contribution < 1.29 is 13.2 Å². The molecule has 0 aliphatic rings. The van der Waals surface area contributed by atoms with Gasteiger partial charge < -0.3 is 5.32 Å². The van der Waals surface area contributed by atoms with Crippen molar-refractivity contribution in [1.82, 2.24) is 5.32 Å². The molecule has 1 unspecified atom stereocenters. The van der Waals surface area contributed by atoms with Crippen LogP contribution in [0.1, 0.15) is 38.1 Å². The molecule has 1 N–H and O–H groups in total. The Morgan fingerprint density at radius 2 is 1.68 bits per heavy atom. The van der Waals surface area contributed by atoms with Crippen LogP contribution in [-0.4, -0.2) is 20.4 Å². The zero-order valence-corrected chi connectivity index (χ0v) is 13.0. The third-order valence-corrected chi connectivity index (χ3v) is 4.41. The lowest BCUT2D eigenvalue weighted by Gasteiger charge is -2.28. The summed E-state index contributed by atoms with van der Waals surface area (Å²) < 4.78 is 22.2. The van der Waals surface area contributed by atoms with E-state index >= 15 is 0 Å². The van der Waals surface area contributed by atoms with Gasteiger partial charge in [0, 0.05) is 22.3 Å². The number of hydrogen-bond donors (Lipinski definition) is 1. The molecule has 1 aromatic carbocycles. The van der Waals surface area contributed by atoms with E-state index in [4.69, 9.17) is 10.7 Å². The monoisotopic (exact) mass is 303 g/mol. The van der Waals surface area contributed by atoms with Gasteiger partial charge in [0.25, 0.3) is 15.0 Å². The van der Waals surface area contributed by atoms with E-state index in [1.807, 2.05) is 27.7 Å². The van der Waals surface area contributed by atoms with E-state index in [2.05, 4.69) is 5.32 Å². The van der Waals surface area contributed by atoms with Crippen molar-refractivity contribution in [3.05, 3.63) is 29.8 Å². The van der Waals surface area contributed by atoms with Crippen molar-refractivity contribution in [3.8, 4) is 0 Å². The molecule has 1 rings (SSSR count). The SMILES string of the molecule is CC(NC(=O)c1ccc(S(=O)(=O)Cl)cc1)C(C)(C)C. The van der Waals surface area contributed by atoms with E-state index < -0.39 is 9.05 Å². The minimum Gasteiger partial charge on any atom is -0.349 e. The Bertz CT molecular complexity index is 559. The Kier molecular flexibility index (Phi) is 4.63. The third kappa shape index (κ3) is 4.51. The molecule has 1 amide bonds. The first kappa shape index (κ1) is 16.0. The number of nitrogens with one attached hydrogen (secondary N) is 1. The highest BCUT2D eigenvalue weighted by Gasteiger charge is 2.22. The zero-order chi connectivity index (χ0) is 14.8. The fraction of sp³-hybridized carbons (Fsp3) is 0.462. The van der Waals surface area contributed by atoms with Crippen LogP contribution in [0.3, 0.4) is 0 Å². The molecule has 0 heterocycles. The third-order valence-electron chi connectivity index (χ3n) is 3.04. The first-order chi connectivity index (χ1) is 8.51. The van der Waals surface area contributed by atoms with Gasteiger partial charge in [0.1, 0.15) is 0 Å². The normalized spacial score (nSPS) is 13.9. The summed E-state index contributed by atoms with van der Waals surface area (Å²) in [7, 11) is 1.46. The van der Waals surface area contributed by atoms with Gasteiger partial charge in [-0.3, -0.25) is 4.79 Å². The van der Waals surface area contributed by atoms with Crippen LogP contribution in [0.4, 0.5) is 0 Å². The van der Waals surface area contributed by atoms with E-state index in [0.29, 0.717) is 5.56 Å². The van der Waals surface area contributed by atoms with Gasteiger partial charge in [0.15, 0.2) is 0 Å². The topological polar surface area (TPSA) is 63.2 Å². The highest BCUT2D eigenvalue weighted by molar-refractivity contribution is 8.13. The molecule has 0 aliphatic heterocycles. The van der Waals surface area contributed by atoms with Crippen molar-refractivity contribution in [1.29, 1.82) is 0 Å². The summed E-state index contributed by atoms with van der Waals surface area (Å²) in [4.78, 5) is 12.0. The fourth-order valence-corrected chi connectivity index (χ4v) is 2.04. The van der Waals surface area contributed by atoms with Crippen LogP contribution in [0, 0.1) is 5.41 Å². The van der Waals surface area contributed by atoms with E-state index in [9.17, 15) is 13.2 Å². The summed E-state index contributed by atoms with van der Waals surface area (Å²) in [5, 5.41) is 2.87. The van der Waals surface area contributed by atoms with Gasteiger partial charge in [-0.1, -0.05) is 20.8 Å². The summed E-state index contributed by atoms with van der Waals surface area (Å²) >= 11 is 0. The second-order valence-electron chi connectivity index (χ2n) is 5.52. The van der Waals surface area contributed by atoms with Crippen molar-refractivity contribution in [2.24, 2.45) is 5.41 Å². The molecule has 0 aromatic heterocycles. The number of carbonyl (C=O) groups is 1. The van der Waals surface area contributed by atoms with Crippen LogP contribution >= 0.6 is 10.7 Å². The van der Waals surface area contributed by atoms with Crippen LogP contribution in [0.15, 0.2) is 29.2 Å². The zero-order valence-electron chi connectivity index (χ0n) is 11.4. The Hall–Kier alpha value is -1.07. The summed E-state index contributed by atoms with van der Waals surface area (Å²) in [6.45, 7) is 8.01. The number of amides is 1. The average molecular weight is 304 g/mol. The molecular weight excluding hydrogens is 286 g/mol. The van der Waals surface area contributed by atoms with Crippen LogP contribution in [-0.2, 0) is 9.05 Å². The molecule has 0 bridgehead atoms. The summed E-state index contributed by atoms with van der Waals surface area (Å²) in [6, 6.07) is 5.52. The quantitative estimate of drug-likeness (QED) is 0.873. The lowest BCUT2D eigenvalue weighted by molar-refractivity contribution is 0.0910. The van der Waals surface area contributed by atoms with Crippen LogP contribution < -0.4 is 5.32 Å². The number of rotatable bonds is 3. The molecule has 0 fully saturated rings. The Balaban J connectivity index is 2.85. The van der Waals surface area contributed by atoms with Gasteiger partial charge >= 0.3 is 0 Å². The second-order valence-corrected chi connectivity index (χ2v) is 8.09. The largest absolute Gasteiger partial charge is 0.349 e. The lowest BCUT2D eigenvalue weighted by Crippen LogP contribution is -2.41. The predicted octanol–water partition coefficient (Wildman–Crippen LogP) is 2.78. The molecule has 0 radical (unpaired) electrons. The summed E-state index contributed by atoms with van der Waals surface area (Å²) in [5.41, 5.74) is 0.356. The van der Waals surface area contributed by atoms with Crippen molar-refractivity contribution in [3.63, 3.8) is 0 Å². The molecule has 0 saturated heterocycles. The first-order valence-electron chi connectivity index (χ1n) is 5.87. The Morgan fingerprint density at radius 3 is 2.05 bits per heavy atom. The maximum absolute atomic E-state index is 12.0. The highest BCUT2D eigenvalue weighted by Crippen LogP contribution is 2.19. The Morgan fingerprint density at radius 1 is 1.21 bits per heavy atom. The van der Waals surface area contributed by atoms with Gasteiger partial charge in [-0.15, -0.1) is 0 Å². The van der Waals surface area contributed by atoms with Gasteiger partial charge in [-0.2, -0.15) is 0 Å². The number of halogens is 1. The van der Waals surface area contributed by atoms with E-state index in [-0.39, 0.29) is 22.3 Å².